The molecule has 1 saturated carbocycles. The van der Waals surface area contributed by atoms with Crippen molar-refractivity contribution < 1.29 is 9.53 Å². The molecule has 5 nitrogen and oxygen atoms in total. The predicted octanol–water partition coefficient (Wildman–Crippen LogP) is 2.85. The number of benzene rings is 1. The Labute approximate surface area is 148 Å². The molecule has 132 valence electrons. The van der Waals surface area contributed by atoms with Crippen LogP contribution in [-0.4, -0.2) is 28.8 Å². The van der Waals surface area contributed by atoms with Crippen molar-refractivity contribution in [3.63, 3.8) is 0 Å². The fourth-order valence-corrected chi connectivity index (χ4v) is 3.86. The average Bonchev–Trinajstić information content (AvgIpc) is 3.30. The summed E-state index contributed by atoms with van der Waals surface area (Å²) in [6.07, 6.45) is 7.26. The van der Waals surface area contributed by atoms with E-state index in [1.807, 2.05) is 22.9 Å². The Hall–Kier alpha value is -2.14. The van der Waals surface area contributed by atoms with Crippen LogP contribution in [0.5, 0.6) is 0 Å². The fourth-order valence-electron chi connectivity index (χ4n) is 3.86. The smallest absolute Gasteiger partial charge is 0.223 e. The molecule has 4 rings (SSSR count). The van der Waals surface area contributed by atoms with Crippen LogP contribution in [0.15, 0.2) is 36.5 Å². The minimum atomic E-state index is -0.133. The van der Waals surface area contributed by atoms with Gasteiger partial charge < -0.3 is 10.1 Å². The predicted molar refractivity (Wildman–Crippen MR) is 95.1 cm³/mol. The number of nitrogens with one attached hydrogen (secondary N) is 1. The van der Waals surface area contributed by atoms with E-state index in [4.69, 9.17) is 9.84 Å². The summed E-state index contributed by atoms with van der Waals surface area (Å²) >= 11 is 0. The first-order valence-corrected chi connectivity index (χ1v) is 9.29. The van der Waals surface area contributed by atoms with Crippen LogP contribution in [0.25, 0.3) is 0 Å². The van der Waals surface area contributed by atoms with Gasteiger partial charge in [0.25, 0.3) is 0 Å². The Morgan fingerprint density at radius 1 is 1.24 bits per heavy atom. The molecule has 1 aliphatic heterocycles. The molecular weight excluding hydrogens is 314 g/mol. The third-order valence-electron chi connectivity index (χ3n) is 5.24. The van der Waals surface area contributed by atoms with E-state index < -0.39 is 0 Å². The highest BCUT2D eigenvalue weighted by Crippen LogP contribution is 2.27. The lowest BCUT2D eigenvalue weighted by atomic mass is 10.1. The zero-order valence-corrected chi connectivity index (χ0v) is 14.5. The highest BCUT2D eigenvalue weighted by atomic mass is 16.5. The van der Waals surface area contributed by atoms with Crippen LogP contribution in [-0.2, 0) is 22.5 Å². The summed E-state index contributed by atoms with van der Waals surface area (Å²) in [6.45, 7) is 1.97. The molecule has 25 heavy (non-hydrogen) atoms. The Kier molecular flexibility index (Phi) is 4.83. The van der Waals surface area contributed by atoms with Crippen molar-refractivity contribution in [3.05, 3.63) is 53.3 Å². The van der Waals surface area contributed by atoms with Gasteiger partial charge in [0.05, 0.1) is 18.8 Å². The van der Waals surface area contributed by atoms with Crippen LogP contribution >= 0.6 is 0 Å². The van der Waals surface area contributed by atoms with E-state index in [9.17, 15) is 4.79 Å². The highest BCUT2D eigenvalue weighted by molar-refractivity contribution is 5.78. The average molecular weight is 339 g/mol. The zero-order chi connectivity index (χ0) is 17.1. The maximum Gasteiger partial charge on any atom is 0.223 e. The van der Waals surface area contributed by atoms with Crippen molar-refractivity contribution in [2.45, 2.75) is 44.8 Å². The summed E-state index contributed by atoms with van der Waals surface area (Å²) in [4.78, 5) is 12.3. The molecule has 1 N–H and O–H groups in total. The second-order valence-electron chi connectivity index (χ2n) is 7.06. The third kappa shape index (κ3) is 3.76. The third-order valence-corrected chi connectivity index (χ3v) is 5.24. The molecule has 0 saturated heterocycles. The van der Waals surface area contributed by atoms with Gasteiger partial charge in [-0.2, -0.15) is 5.10 Å². The monoisotopic (exact) mass is 339 g/mol. The van der Waals surface area contributed by atoms with Gasteiger partial charge in [0.2, 0.25) is 5.91 Å². The van der Waals surface area contributed by atoms with E-state index in [2.05, 4.69) is 23.6 Å². The number of amides is 1. The van der Waals surface area contributed by atoms with E-state index >= 15 is 0 Å². The number of hydrogen-bond donors (Lipinski definition) is 1. The minimum absolute atomic E-state index is 0.133. The van der Waals surface area contributed by atoms with Crippen molar-refractivity contribution in [2.24, 2.45) is 5.92 Å². The van der Waals surface area contributed by atoms with E-state index in [0.717, 1.165) is 31.5 Å². The van der Waals surface area contributed by atoms with E-state index in [0.29, 0.717) is 13.2 Å². The first-order valence-electron chi connectivity index (χ1n) is 9.29. The Bertz CT molecular complexity index is 720. The number of hydrogen-bond acceptors (Lipinski definition) is 3. The molecule has 0 spiro atoms. The topological polar surface area (TPSA) is 56.1 Å². The number of rotatable bonds is 5. The van der Waals surface area contributed by atoms with Gasteiger partial charge in [0.1, 0.15) is 6.10 Å². The van der Waals surface area contributed by atoms with Crippen LogP contribution in [0.4, 0.5) is 0 Å². The number of nitrogens with zero attached hydrogens (tertiary/aromatic N) is 2. The summed E-state index contributed by atoms with van der Waals surface area (Å²) in [5.74, 6) is 0.371. The Morgan fingerprint density at radius 3 is 2.84 bits per heavy atom. The van der Waals surface area contributed by atoms with Gasteiger partial charge in [-0.15, -0.1) is 0 Å². The minimum Gasteiger partial charge on any atom is -0.370 e. The summed E-state index contributed by atoms with van der Waals surface area (Å²) in [5, 5.41) is 7.82. The maximum atomic E-state index is 12.3. The van der Waals surface area contributed by atoms with Crippen molar-refractivity contribution in [3.8, 4) is 0 Å². The molecule has 1 aromatic carbocycles. The highest BCUT2D eigenvalue weighted by Gasteiger charge is 2.27. The van der Waals surface area contributed by atoms with Gasteiger partial charge >= 0.3 is 0 Å². The first kappa shape index (κ1) is 16.3. The molecule has 1 unspecified atom stereocenters. The summed E-state index contributed by atoms with van der Waals surface area (Å²) in [6, 6.07) is 10.3. The van der Waals surface area contributed by atoms with Gasteiger partial charge in [-0.25, -0.2) is 0 Å². The molecule has 1 amide bonds. The summed E-state index contributed by atoms with van der Waals surface area (Å²) in [7, 11) is 0. The number of ether oxygens (including phenoxy) is 1. The van der Waals surface area contributed by atoms with Crippen LogP contribution in [0.2, 0.25) is 0 Å². The number of carbonyl (C=O) groups is 1. The molecule has 0 radical (unpaired) electrons. The molecular formula is C20H25N3O2. The lowest BCUT2D eigenvalue weighted by Gasteiger charge is -2.23. The molecule has 1 fully saturated rings. The normalized spacial score (nSPS) is 20.4. The van der Waals surface area contributed by atoms with Crippen molar-refractivity contribution >= 4 is 5.91 Å². The molecule has 2 aromatic rings. The maximum absolute atomic E-state index is 12.3. The van der Waals surface area contributed by atoms with Crippen molar-refractivity contribution in [1.82, 2.24) is 15.1 Å². The van der Waals surface area contributed by atoms with Crippen LogP contribution in [0.1, 0.15) is 48.6 Å². The van der Waals surface area contributed by atoms with Crippen LogP contribution < -0.4 is 5.32 Å². The largest absolute Gasteiger partial charge is 0.370 e. The quantitative estimate of drug-likeness (QED) is 0.911. The number of aromatic nitrogens is 2. The van der Waals surface area contributed by atoms with Gasteiger partial charge in [0.15, 0.2) is 0 Å². The standard InChI is InChI=1S/C20H25N3O2/c24-20(16-8-4-5-9-16)21-12-18-19-17(10-11-25-18)14-23(22-19)13-15-6-2-1-3-7-15/h1-3,6-7,14,16,18H,4-5,8-13H2,(H,21,24). The summed E-state index contributed by atoms with van der Waals surface area (Å²) < 4.78 is 7.88. The van der Waals surface area contributed by atoms with Crippen LogP contribution in [0.3, 0.4) is 0 Å². The molecule has 1 aliphatic carbocycles. The van der Waals surface area contributed by atoms with E-state index in [1.165, 1.54) is 24.0 Å². The molecule has 1 aromatic heterocycles. The van der Waals surface area contributed by atoms with Gasteiger partial charge in [-0.05, 0) is 30.4 Å². The summed E-state index contributed by atoms with van der Waals surface area (Å²) in [5.41, 5.74) is 3.45. The molecule has 1 atom stereocenters. The Morgan fingerprint density at radius 2 is 2.04 bits per heavy atom. The number of carbonyl (C=O) groups excluding carboxylic acids is 1. The van der Waals surface area contributed by atoms with Crippen molar-refractivity contribution in [2.75, 3.05) is 13.2 Å². The van der Waals surface area contributed by atoms with E-state index in [-0.39, 0.29) is 17.9 Å². The lowest BCUT2D eigenvalue weighted by molar-refractivity contribution is -0.125. The molecule has 5 heteroatoms. The van der Waals surface area contributed by atoms with Crippen molar-refractivity contribution in [1.29, 1.82) is 0 Å². The second kappa shape index (κ2) is 7.40. The van der Waals surface area contributed by atoms with Crippen LogP contribution in [0, 0.1) is 5.92 Å². The molecule has 2 heterocycles. The molecule has 0 bridgehead atoms. The Balaban J connectivity index is 1.41. The molecule has 2 aliphatic rings. The lowest BCUT2D eigenvalue weighted by Crippen LogP contribution is -2.35. The SMILES string of the molecule is O=C(NCC1OCCc2cn(Cc3ccccc3)nc21)C1CCCC1. The fraction of sp³-hybridized carbons (Fsp3) is 0.500. The van der Waals surface area contributed by atoms with Gasteiger partial charge in [-0.3, -0.25) is 9.48 Å². The zero-order valence-electron chi connectivity index (χ0n) is 14.5. The van der Waals surface area contributed by atoms with Gasteiger partial charge in [-0.1, -0.05) is 43.2 Å². The van der Waals surface area contributed by atoms with E-state index in [1.54, 1.807) is 0 Å². The second-order valence-corrected chi connectivity index (χ2v) is 7.06. The van der Waals surface area contributed by atoms with Gasteiger partial charge in [0, 0.05) is 18.7 Å². The first-order chi connectivity index (χ1) is 12.3. The number of fused-ring (bicyclic) bond motifs is 1.